The van der Waals surface area contributed by atoms with E-state index in [9.17, 15) is 0 Å². The Labute approximate surface area is 88.4 Å². The van der Waals surface area contributed by atoms with E-state index in [0.717, 1.165) is 5.56 Å². The summed E-state index contributed by atoms with van der Waals surface area (Å²) in [4.78, 5) is 7.92. The lowest BCUT2D eigenvalue weighted by atomic mass is 10.2. The van der Waals surface area contributed by atoms with Gasteiger partial charge in [0.25, 0.3) is 0 Å². The summed E-state index contributed by atoms with van der Waals surface area (Å²) in [5.74, 6) is 0.984. The van der Waals surface area contributed by atoms with Crippen LogP contribution in [0.4, 0.5) is 5.95 Å². The molecule has 0 aliphatic carbocycles. The molecule has 2 N–H and O–H groups in total. The molecule has 0 unspecified atom stereocenters. The maximum atomic E-state index is 5.49. The van der Waals surface area contributed by atoms with E-state index in [0.29, 0.717) is 24.8 Å². The van der Waals surface area contributed by atoms with E-state index in [1.54, 1.807) is 7.11 Å². The number of nitrogen functional groups attached to an aromatic ring is 1. The number of aromatic nitrogens is 2. The van der Waals surface area contributed by atoms with Crippen LogP contribution in [0, 0.1) is 0 Å². The summed E-state index contributed by atoms with van der Waals surface area (Å²) in [7, 11) is 4.67. The zero-order valence-electron chi connectivity index (χ0n) is 9.11. The monoisotopic (exact) mass is 213 g/mol. The van der Waals surface area contributed by atoms with Crippen molar-refractivity contribution >= 4 is 5.95 Å². The Kier molecular flexibility index (Phi) is 4.11. The van der Waals surface area contributed by atoms with Crippen molar-refractivity contribution in [3.8, 4) is 11.8 Å². The number of hydrogen-bond acceptors (Lipinski definition) is 6. The molecule has 0 aliphatic rings. The van der Waals surface area contributed by atoms with Gasteiger partial charge in [-0.2, -0.15) is 9.97 Å². The normalized spacial score (nSPS) is 10.1. The lowest BCUT2D eigenvalue weighted by Gasteiger charge is -2.11. The highest BCUT2D eigenvalue weighted by molar-refractivity contribution is 5.40. The molecule has 1 heterocycles. The van der Waals surface area contributed by atoms with Gasteiger partial charge in [-0.1, -0.05) is 0 Å². The van der Waals surface area contributed by atoms with Crippen LogP contribution in [0.5, 0.6) is 11.8 Å². The highest BCUT2D eigenvalue weighted by atomic mass is 16.5. The van der Waals surface area contributed by atoms with Crippen molar-refractivity contribution in [1.82, 2.24) is 9.97 Å². The van der Waals surface area contributed by atoms with Crippen LogP contribution in [0.15, 0.2) is 0 Å². The van der Waals surface area contributed by atoms with Crippen LogP contribution in [0.3, 0.4) is 0 Å². The fourth-order valence-corrected chi connectivity index (χ4v) is 1.22. The molecule has 0 saturated carbocycles. The second kappa shape index (κ2) is 5.35. The Morgan fingerprint density at radius 3 is 2.00 bits per heavy atom. The first kappa shape index (κ1) is 11.5. The lowest BCUT2D eigenvalue weighted by Crippen LogP contribution is -2.07. The summed E-state index contributed by atoms with van der Waals surface area (Å²) < 4.78 is 15.2. The van der Waals surface area contributed by atoms with Crippen molar-refractivity contribution in [1.29, 1.82) is 0 Å². The summed E-state index contributed by atoms with van der Waals surface area (Å²) in [5, 5.41) is 0. The maximum Gasteiger partial charge on any atom is 0.226 e. The smallest absolute Gasteiger partial charge is 0.226 e. The second-order valence-electron chi connectivity index (χ2n) is 2.82. The van der Waals surface area contributed by atoms with Crippen molar-refractivity contribution in [2.75, 3.05) is 33.7 Å². The van der Waals surface area contributed by atoms with Gasteiger partial charge in [0.2, 0.25) is 17.7 Å². The molecule has 1 aromatic heterocycles. The molecule has 0 atom stereocenters. The Balaban J connectivity index is 3.06. The standard InChI is InChI=1S/C9H15N3O3/c1-13-5-4-6-7(14-2)11-9(10)12-8(6)15-3/h4-5H2,1-3H3,(H2,10,11,12). The van der Waals surface area contributed by atoms with E-state index in [4.69, 9.17) is 19.9 Å². The second-order valence-corrected chi connectivity index (χ2v) is 2.82. The van der Waals surface area contributed by atoms with Crippen LogP contribution in [-0.4, -0.2) is 37.9 Å². The van der Waals surface area contributed by atoms with Gasteiger partial charge in [0, 0.05) is 13.5 Å². The molecule has 0 bridgehead atoms. The van der Waals surface area contributed by atoms with Crippen LogP contribution < -0.4 is 15.2 Å². The summed E-state index contributed by atoms with van der Waals surface area (Å²) in [6, 6.07) is 0. The minimum atomic E-state index is 0.130. The summed E-state index contributed by atoms with van der Waals surface area (Å²) in [6.45, 7) is 0.542. The zero-order chi connectivity index (χ0) is 11.3. The molecule has 1 aromatic rings. The van der Waals surface area contributed by atoms with Crippen molar-refractivity contribution < 1.29 is 14.2 Å². The van der Waals surface area contributed by atoms with Crippen LogP contribution in [0.2, 0.25) is 0 Å². The Bertz CT molecular complexity index is 305. The molecule has 84 valence electrons. The molecule has 0 aliphatic heterocycles. The topological polar surface area (TPSA) is 79.5 Å². The number of nitrogens with two attached hydrogens (primary N) is 1. The molecule has 0 radical (unpaired) electrons. The van der Waals surface area contributed by atoms with Crippen LogP contribution in [0.25, 0.3) is 0 Å². The highest BCUT2D eigenvalue weighted by Crippen LogP contribution is 2.25. The van der Waals surface area contributed by atoms with E-state index in [1.807, 2.05) is 0 Å². The first-order chi connectivity index (χ1) is 7.22. The summed E-state index contributed by atoms with van der Waals surface area (Å²) >= 11 is 0. The minimum absolute atomic E-state index is 0.130. The average Bonchev–Trinajstić information content (AvgIpc) is 2.26. The molecule has 1 rings (SSSR count). The first-order valence-corrected chi connectivity index (χ1v) is 4.46. The molecule has 6 nitrogen and oxygen atoms in total. The van der Waals surface area contributed by atoms with Gasteiger partial charge in [-0.15, -0.1) is 0 Å². The fourth-order valence-electron chi connectivity index (χ4n) is 1.22. The molecule has 0 spiro atoms. The van der Waals surface area contributed by atoms with Gasteiger partial charge in [0.05, 0.1) is 26.4 Å². The summed E-state index contributed by atoms with van der Waals surface area (Å²) in [6.07, 6.45) is 0.614. The van der Waals surface area contributed by atoms with Gasteiger partial charge in [-0.25, -0.2) is 0 Å². The Morgan fingerprint density at radius 1 is 1.07 bits per heavy atom. The van der Waals surface area contributed by atoms with Gasteiger partial charge in [-0.3, -0.25) is 0 Å². The van der Waals surface area contributed by atoms with Crippen LogP contribution >= 0.6 is 0 Å². The largest absolute Gasteiger partial charge is 0.481 e. The minimum Gasteiger partial charge on any atom is -0.481 e. The average molecular weight is 213 g/mol. The Morgan fingerprint density at radius 2 is 1.60 bits per heavy atom. The molecular weight excluding hydrogens is 198 g/mol. The number of nitrogens with zero attached hydrogens (tertiary/aromatic N) is 2. The number of methoxy groups -OCH3 is 3. The van der Waals surface area contributed by atoms with Crippen molar-refractivity contribution in [2.24, 2.45) is 0 Å². The zero-order valence-corrected chi connectivity index (χ0v) is 9.11. The van der Waals surface area contributed by atoms with E-state index in [1.165, 1.54) is 14.2 Å². The Hall–Kier alpha value is -1.56. The lowest BCUT2D eigenvalue weighted by molar-refractivity contribution is 0.199. The number of ether oxygens (including phenoxy) is 3. The molecule has 0 saturated heterocycles. The molecule has 0 amide bonds. The first-order valence-electron chi connectivity index (χ1n) is 4.46. The van der Waals surface area contributed by atoms with E-state index >= 15 is 0 Å². The van der Waals surface area contributed by atoms with Crippen molar-refractivity contribution in [2.45, 2.75) is 6.42 Å². The number of anilines is 1. The third-order valence-electron chi connectivity index (χ3n) is 1.89. The van der Waals surface area contributed by atoms with Crippen LogP contribution in [-0.2, 0) is 11.2 Å². The molecule has 0 aromatic carbocycles. The van der Waals surface area contributed by atoms with Crippen molar-refractivity contribution in [3.63, 3.8) is 0 Å². The van der Waals surface area contributed by atoms with Crippen LogP contribution in [0.1, 0.15) is 5.56 Å². The molecule has 0 fully saturated rings. The van der Waals surface area contributed by atoms with Gasteiger partial charge in [0.15, 0.2) is 0 Å². The third-order valence-corrected chi connectivity index (χ3v) is 1.89. The maximum absolute atomic E-state index is 5.49. The van der Waals surface area contributed by atoms with E-state index < -0.39 is 0 Å². The molecule has 15 heavy (non-hydrogen) atoms. The SMILES string of the molecule is COCCc1c(OC)nc(N)nc1OC. The van der Waals surface area contributed by atoms with Gasteiger partial charge in [-0.05, 0) is 0 Å². The third kappa shape index (κ3) is 2.69. The molecular formula is C9H15N3O3. The van der Waals surface area contributed by atoms with Gasteiger partial charge < -0.3 is 19.9 Å². The van der Waals surface area contributed by atoms with Crippen molar-refractivity contribution in [3.05, 3.63) is 5.56 Å². The number of rotatable bonds is 5. The fraction of sp³-hybridized carbons (Fsp3) is 0.556. The van der Waals surface area contributed by atoms with E-state index in [2.05, 4.69) is 9.97 Å². The van der Waals surface area contributed by atoms with E-state index in [-0.39, 0.29) is 5.95 Å². The van der Waals surface area contributed by atoms with Gasteiger partial charge in [0.1, 0.15) is 0 Å². The molecule has 6 heteroatoms. The predicted molar refractivity (Wildman–Crippen MR) is 55.1 cm³/mol. The quantitative estimate of drug-likeness (QED) is 0.756. The van der Waals surface area contributed by atoms with Gasteiger partial charge >= 0.3 is 0 Å². The summed E-state index contributed by atoms with van der Waals surface area (Å²) in [5.41, 5.74) is 6.25. The highest BCUT2D eigenvalue weighted by Gasteiger charge is 2.14. The predicted octanol–water partition coefficient (Wildman–Crippen LogP) is 0.265. The number of hydrogen-bond donors (Lipinski definition) is 1.